The van der Waals surface area contributed by atoms with Gasteiger partial charge in [0.2, 0.25) is 0 Å². The molecule has 134 valence electrons. The number of benzene rings is 2. The zero-order chi connectivity index (χ0) is 18.1. The van der Waals surface area contributed by atoms with E-state index in [-0.39, 0.29) is 18.3 Å². The lowest BCUT2D eigenvalue weighted by atomic mass is 9.90. The Morgan fingerprint density at radius 3 is 2.54 bits per heavy atom. The van der Waals surface area contributed by atoms with Crippen molar-refractivity contribution in [2.75, 3.05) is 26.8 Å². The van der Waals surface area contributed by atoms with Crippen molar-refractivity contribution in [2.45, 2.75) is 12.8 Å². The van der Waals surface area contributed by atoms with Gasteiger partial charge in [0, 0.05) is 24.2 Å². The molecular formula is C21H20FNO3. The number of halogens is 1. The van der Waals surface area contributed by atoms with E-state index in [1.165, 1.54) is 12.1 Å². The van der Waals surface area contributed by atoms with E-state index in [4.69, 9.17) is 9.47 Å². The Balaban J connectivity index is 1.89. The predicted octanol–water partition coefficient (Wildman–Crippen LogP) is 3.65. The van der Waals surface area contributed by atoms with E-state index in [1.807, 2.05) is 23.1 Å². The van der Waals surface area contributed by atoms with E-state index >= 15 is 0 Å². The van der Waals surface area contributed by atoms with Crippen LogP contribution in [0.5, 0.6) is 11.5 Å². The van der Waals surface area contributed by atoms with Gasteiger partial charge in [-0.3, -0.25) is 4.79 Å². The highest BCUT2D eigenvalue weighted by Gasteiger charge is 2.30. The third kappa shape index (κ3) is 2.94. The van der Waals surface area contributed by atoms with Gasteiger partial charge < -0.3 is 14.4 Å². The summed E-state index contributed by atoms with van der Waals surface area (Å²) in [5, 5.41) is 0. The number of hydrogen-bond acceptors (Lipinski definition) is 3. The number of nitrogens with zero attached hydrogens (tertiary/aromatic N) is 1. The molecule has 0 spiro atoms. The molecule has 0 N–H and O–H groups in total. The molecule has 26 heavy (non-hydrogen) atoms. The molecule has 0 atom stereocenters. The molecule has 2 aromatic rings. The summed E-state index contributed by atoms with van der Waals surface area (Å²) < 4.78 is 24.6. The van der Waals surface area contributed by atoms with Gasteiger partial charge in [-0.05, 0) is 48.7 Å². The smallest absolute Gasteiger partial charge is 0.253 e. The van der Waals surface area contributed by atoms with Crippen LogP contribution in [0, 0.1) is 5.82 Å². The third-order valence-electron chi connectivity index (χ3n) is 4.91. The summed E-state index contributed by atoms with van der Waals surface area (Å²) in [7, 11) is 1.60. The Bertz CT molecular complexity index is 867. The van der Waals surface area contributed by atoms with Gasteiger partial charge in [-0.15, -0.1) is 0 Å². The molecule has 0 bridgehead atoms. The number of amides is 1. The molecule has 4 nitrogen and oxygen atoms in total. The van der Waals surface area contributed by atoms with E-state index in [1.54, 1.807) is 19.2 Å². The minimum atomic E-state index is -0.306. The molecule has 2 aromatic carbocycles. The van der Waals surface area contributed by atoms with Crippen molar-refractivity contribution in [3.05, 3.63) is 65.0 Å². The summed E-state index contributed by atoms with van der Waals surface area (Å²) in [5.41, 5.74) is 3.00. The maximum Gasteiger partial charge on any atom is 0.253 e. The Morgan fingerprint density at radius 1 is 1.12 bits per heavy atom. The van der Waals surface area contributed by atoms with Gasteiger partial charge in [-0.2, -0.15) is 0 Å². The van der Waals surface area contributed by atoms with Crippen LogP contribution in [0.4, 0.5) is 4.39 Å². The Kier molecular flexibility index (Phi) is 4.37. The second-order valence-corrected chi connectivity index (χ2v) is 6.51. The molecule has 0 saturated carbocycles. The van der Waals surface area contributed by atoms with Crippen LogP contribution >= 0.6 is 0 Å². The molecule has 5 heteroatoms. The van der Waals surface area contributed by atoms with Crippen molar-refractivity contribution in [2.24, 2.45) is 0 Å². The number of rotatable bonds is 3. The second kappa shape index (κ2) is 6.83. The molecule has 1 amide bonds. The summed E-state index contributed by atoms with van der Waals surface area (Å²) in [6.45, 7) is 1.75. The first kappa shape index (κ1) is 16.6. The highest BCUT2D eigenvalue weighted by molar-refractivity contribution is 6.06. The van der Waals surface area contributed by atoms with Gasteiger partial charge in [0.05, 0.1) is 12.7 Å². The van der Waals surface area contributed by atoms with Gasteiger partial charge in [-0.25, -0.2) is 4.39 Å². The third-order valence-corrected chi connectivity index (χ3v) is 4.91. The molecule has 0 aliphatic carbocycles. The van der Waals surface area contributed by atoms with Crippen LogP contribution in [0.3, 0.4) is 0 Å². The molecule has 0 radical (unpaired) electrons. The van der Waals surface area contributed by atoms with Crippen LogP contribution in [-0.2, 0) is 4.79 Å². The molecule has 0 unspecified atom stereocenters. The van der Waals surface area contributed by atoms with E-state index in [0.717, 1.165) is 42.6 Å². The number of likely N-dealkylation sites (tertiary alicyclic amines) is 1. The highest BCUT2D eigenvalue weighted by Crippen LogP contribution is 2.40. The number of hydrogen-bond donors (Lipinski definition) is 0. The van der Waals surface area contributed by atoms with Gasteiger partial charge in [0.15, 0.2) is 0 Å². The largest absolute Gasteiger partial charge is 0.497 e. The molecule has 2 heterocycles. The van der Waals surface area contributed by atoms with Crippen molar-refractivity contribution in [3.63, 3.8) is 0 Å². The molecule has 1 saturated heterocycles. The SMILES string of the molecule is COc1ccc2c(c1)C(c1ccc(F)cc1)=C(C(=O)N1CCCC1)CO2. The molecule has 1 fully saturated rings. The van der Waals surface area contributed by atoms with Crippen molar-refractivity contribution in [1.29, 1.82) is 0 Å². The maximum absolute atomic E-state index is 13.4. The first-order valence-corrected chi connectivity index (χ1v) is 8.77. The normalized spacial score (nSPS) is 16.3. The van der Waals surface area contributed by atoms with E-state index < -0.39 is 0 Å². The number of fused-ring (bicyclic) bond motifs is 1. The van der Waals surface area contributed by atoms with E-state index in [0.29, 0.717) is 17.1 Å². The molecule has 4 rings (SSSR count). The zero-order valence-electron chi connectivity index (χ0n) is 14.6. The van der Waals surface area contributed by atoms with Crippen LogP contribution in [0.15, 0.2) is 48.0 Å². The van der Waals surface area contributed by atoms with Crippen molar-refractivity contribution in [1.82, 2.24) is 4.90 Å². The summed E-state index contributed by atoms with van der Waals surface area (Å²) >= 11 is 0. The monoisotopic (exact) mass is 353 g/mol. The topological polar surface area (TPSA) is 38.8 Å². The van der Waals surface area contributed by atoms with Gasteiger partial charge in [-0.1, -0.05) is 12.1 Å². The summed E-state index contributed by atoms with van der Waals surface area (Å²) in [5.74, 6) is 1.07. The quantitative estimate of drug-likeness (QED) is 0.845. The lowest BCUT2D eigenvalue weighted by Gasteiger charge is -2.27. The number of carbonyl (C=O) groups is 1. The average molecular weight is 353 g/mol. The van der Waals surface area contributed by atoms with Crippen LogP contribution in [-0.4, -0.2) is 37.6 Å². The minimum Gasteiger partial charge on any atom is -0.497 e. The van der Waals surface area contributed by atoms with Gasteiger partial charge >= 0.3 is 0 Å². The predicted molar refractivity (Wildman–Crippen MR) is 96.7 cm³/mol. The van der Waals surface area contributed by atoms with Crippen molar-refractivity contribution < 1.29 is 18.7 Å². The molecular weight excluding hydrogens is 333 g/mol. The molecule has 2 aliphatic heterocycles. The Morgan fingerprint density at radius 2 is 1.85 bits per heavy atom. The van der Waals surface area contributed by atoms with Crippen molar-refractivity contribution in [3.8, 4) is 11.5 Å². The van der Waals surface area contributed by atoms with Crippen molar-refractivity contribution >= 4 is 11.5 Å². The second-order valence-electron chi connectivity index (χ2n) is 6.51. The van der Waals surface area contributed by atoms with Gasteiger partial charge in [0.1, 0.15) is 23.9 Å². The summed E-state index contributed by atoms with van der Waals surface area (Å²) in [4.78, 5) is 15.0. The molecule has 0 aromatic heterocycles. The first-order valence-electron chi connectivity index (χ1n) is 8.77. The highest BCUT2D eigenvalue weighted by atomic mass is 19.1. The number of methoxy groups -OCH3 is 1. The van der Waals surface area contributed by atoms with Gasteiger partial charge in [0.25, 0.3) is 5.91 Å². The lowest BCUT2D eigenvalue weighted by molar-refractivity contribution is -0.126. The number of carbonyl (C=O) groups excluding carboxylic acids is 1. The summed E-state index contributed by atoms with van der Waals surface area (Å²) in [6, 6.07) is 11.8. The fraction of sp³-hybridized carbons (Fsp3) is 0.286. The maximum atomic E-state index is 13.4. The Labute approximate surface area is 151 Å². The minimum absolute atomic E-state index is 0.00436. The van der Waals surface area contributed by atoms with E-state index in [9.17, 15) is 9.18 Å². The van der Waals surface area contributed by atoms with Crippen LogP contribution in [0.25, 0.3) is 5.57 Å². The first-order chi connectivity index (χ1) is 12.7. The van der Waals surface area contributed by atoms with Crippen LogP contribution in [0.1, 0.15) is 24.0 Å². The molecule has 2 aliphatic rings. The standard InChI is InChI=1S/C21H20FNO3/c1-25-16-8-9-19-17(12-16)20(14-4-6-15(22)7-5-14)18(13-26-19)21(24)23-10-2-3-11-23/h4-9,12H,2-3,10-11,13H2,1H3. The lowest BCUT2D eigenvalue weighted by Crippen LogP contribution is -2.33. The zero-order valence-corrected chi connectivity index (χ0v) is 14.6. The number of ether oxygens (including phenoxy) is 2. The fourth-order valence-corrected chi connectivity index (χ4v) is 3.57. The summed E-state index contributed by atoms with van der Waals surface area (Å²) in [6.07, 6.45) is 2.05. The van der Waals surface area contributed by atoms with Crippen LogP contribution in [0.2, 0.25) is 0 Å². The Hall–Kier alpha value is -2.82. The fourth-order valence-electron chi connectivity index (χ4n) is 3.57. The van der Waals surface area contributed by atoms with Crippen LogP contribution < -0.4 is 9.47 Å². The average Bonchev–Trinajstić information content (AvgIpc) is 3.21. The van der Waals surface area contributed by atoms with E-state index in [2.05, 4.69) is 0 Å².